The van der Waals surface area contributed by atoms with Gasteiger partial charge in [-0.1, -0.05) is 17.7 Å². The highest BCUT2D eigenvalue weighted by Gasteiger charge is 2.39. The van der Waals surface area contributed by atoms with Crippen LogP contribution in [0.25, 0.3) is 0 Å². The van der Waals surface area contributed by atoms with Crippen LogP contribution in [0.4, 0.5) is 0 Å². The summed E-state index contributed by atoms with van der Waals surface area (Å²) in [6.07, 6.45) is 8.02. The highest BCUT2D eigenvalue weighted by Crippen LogP contribution is 2.44. The fraction of sp³-hybridized carbons (Fsp3) is 0.545. The monoisotopic (exact) mass is 178 g/mol. The number of hydrogen-bond donors (Lipinski definition) is 1. The van der Waals surface area contributed by atoms with Gasteiger partial charge in [0, 0.05) is 0 Å². The van der Waals surface area contributed by atoms with Crippen molar-refractivity contribution in [1.29, 1.82) is 0 Å². The van der Waals surface area contributed by atoms with E-state index in [0.29, 0.717) is 0 Å². The highest BCUT2D eigenvalue weighted by atomic mass is 16.4. The zero-order valence-electron chi connectivity index (χ0n) is 7.84. The summed E-state index contributed by atoms with van der Waals surface area (Å²) in [4.78, 5) is 11.1. The molecule has 0 amide bonds. The van der Waals surface area contributed by atoms with Gasteiger partial charge in [-0.25, -0.2) is 0 Å². The molecule has 2 aliphatic carbocycles. The molecule has 2 rings (SSSR count). The van der Waals surface area contributed by atoms with E-state index >= 15 is 0 Å². The van der Waals surface area contributed by atoms with Crippen LogP contribution in [0.15, 0.2) is 23.3 Å². The summed E-state index contributed by atoms with van der Waals surface area (Å²) in [5.74, 6) is -0.710. The Hall–Kier alpha value is -1.05. The van der Waals surface area contributed by atoms with Crippen molar-refractivity contribution in [3.63, 3.8) is 0 Å². The number of carboxylic acids is 1. The third-order valence-electron chi connectivity index (χ3n) is 3.22. The fourth-order valence-corrected chi connectivity index (χ4v) is 2.40. The van der Waals surface area contributed by atoms with Gasteiger partial charge in [-0.05, 0) is 38.2 Å². The van der Waals surface area contributed by atoms with Gasteiger partial charge < -0.3 is 5.11 Å². The van der Waals surface area contributed by atoms with Crippen molar-refractivity contribution >= 4 is 5.97 Å². The SMILES string of the molecule is CC1(C(=O)O)C=CCC2=C1CCC2. The highest BCUT2D eigenvalue weighted by molar-refractivity contribution is 5.81. The minimum Gasteiger partial charge on any atom is -0.480 e. The first-order chi connectivity index (χ1) is 6.14. The lowest BCUT2D eigenvalue weighted by molar-refractivity contribution is -0.143. The van der Waals surface area contributed by atoms with Crippen LogP contribution in [0.5, 0.6) is 0 Å². The molecule has 0 aromatic rings. The lowest BCUT2D eigenvalue weighted by atomic mass is 9.76. The van der Waals surface area contributed by atoms with Crippen LogP contribution < -0.4 is 0 Å². The third-order valence-corrected chi connectivity index (χ3v) is 3.22. The van der Waals surface area contributed by atoms with Gasteiger partial charge in [-0.15, -0.1) is 0 Å². The molecule has 0 aromatic carbocycles. The molecule has 0 saturated carbocycles. The van der Waals surface area contributed by atoms with Crippen molar-refractivity contribution in [1.82, 2.24) is 0 Å². The van der Waals surface area contributed by atoms with E-state index in [1.165, 1.54) is 11.1 Å². The smallest absolute Gasteiger partial charge is 0.317 e. The molecule has 13 heavy (non-hydrogen) atoms. The van der Waals surface area contributed by atoms with Crippen LogP contribution >= 0.6 is 0 Å². The average Bonchev–Trinajstić information content (AvgIpc) is 2.53. The van der Waals surface area contributed by atoms with Gasteiger partial charge in [-0.2, -0.15) is 0 Å². The Kier molecular flexibility index (Phi) is 1.79. The molecule has 2 nitrogen and oxygen atoms in total. The Labute approximate surface area is 78.0 Å². The van der Waals surface area contributed by atoms with Gasteiger partial charge in [0.2, 0.25) is 0 Å². The van der Waals surface area contributed by atoms with E-state index in [4.69, 9.17) is 5.11 Å². The minimum atomic E-state index is -0.710. The van der Waals surface area contributed by atoms with E-state index in [9.17, 15) is 4.79 Å². The lowest BCUT2D eigenvalue weighted by Crippen LogP contribution is -2.29. The largest absolute Gasteiger partial charge is 0.480 e. The van der Waals surface area contributed by atoms with Crippen LogP contribution in [-0.2, 0) is 4.79 Å². The molecule has 2 aliphatic rings. The average molecular weight is 178 g/mol. The molecule has 0 aliphatic heterocycles. The summed E-state index contributed by atoms with van der Waals surface area (Å²) in [6, 6.07) is 0. The molecule has 1 atom stereocenters. The van der Waals surface area contributed by atoms with Gasteiger partial charge in [0.05, 0.1) is 0 Å². The van der Waals surface area contributed by atoms with Crippen LogP contribution in [0.3, 0.4) is 0 Å². The maximum atomic E-state index is 11.1. The fourth-order valence-electron chi connectivity index (χ4n) is 2.40. The first-order valence-electron chi connectivity index (χ1n) is 4.77. The number of carbonyl (C=O) groups is 1. The maximum Gasteiger partial charge on any atom is 0.317 e. The Balaban J connectivity index is 2.43. The topological polar surface area (TPSA) is 37.3 Å². The second kappa shape index (κ2) is 2.72. The zero-order chi connectivity index (χ0) is 9.47. The quantitative estimate of drug-likeness (QED) is 0.626. The van der Waals surface area contributed by atoms with Crippen molar-refractivity contribution < 1.29 is 9.90 Å². The molecule has 0 fully saturated rings. The summed E-state index contributed by atoms with van der Waals surface area (Å²) in [5, 5.41) is 9.16. The molecule has 0 aromatic heterocycles. The van der Waals surface area contributed by atoms with E-state index in [0.717, 1.165) is 25.7 Å². The van der Waals surface area contributed by atoms with E-state index in [2.05, 4.69) is 0 Å². The first-order valence-corrected chi connectivity index (χ1v) is 4.77. The lowest BCUT2D eigenvalue weighted by Gasteiger charge is -2.27. The van der Waals surface area contributed by atoms with Crippen LogP contribution in [0.1, 0.15) is 32.6 Å². The maximum absolute atomic E-state index is 11.1. The summed E-state index contributed by atoms with van der Waals surface area (Å²) < 4.78 is 0. The van der Waals surface area contributed by atoms with Crippen LogP contribution in [0.2, 0.25) is 0 Å². The Bertz CT molecular complexity index is 312. The van der Waals surface area contributed by atoms with Gasteiger partial charge in [0.1, 0.15) is 5.41 Å². The molecule has 70 valence electrons. The second-order valence-electron chi connectivity index (χ2n) is 4.05. The van der Waals surface area contributed by atoms with Crippen molar-refractivity contribution in [2.24, 2.45) is 5.41 Å². The van der Waals surface area contributed by atoms with E-state index in [1.807, 2.05) is 19.1 Å². The van der Waals surface area contributed by atoms with Crippen molar-refractivity contribution in [3.8, 4) is 0 Å². The summed E-state index contributed by atoms with van der Waals surface area (Å²) in [6.45, 7) is 1.81. The zero-order valence-corrected chi connectivity index (χ0v) is 7.84. The van der Waals surface area contributed by atoms with Gasteiger partial charge in [-0.3, -0.25) is 4.79 Å². The molecule has 0 spiro atoms. The first kappa shape index (κ1) is 8.54. The molecule has 1 N–H and O–H groups in total. The molecule has 0 heterocycles. The normalized spacial score (nSPS) is 32.1. The summed E-state index contributed by atoms with van der Waals surface area (Å²) in [5.41, 5.74) is 1.83. The molecule has 0 saturated heterocycles. The Morgan fingerprint density at radius 2 is 2.31 bits per heavy atom. The van der Waals surface area contributed by atoms with Crippen LogP contribution in [0, 0.1) is 5.41 Å². The number of carboxylic acid groups (broad SMARTS) is 1. The number of allylic oxidation sites excluding steroid dienone is 2. The van der Waals surface area contributed by atoms with E-state index in [1.54, 1.807) is 0 Å². The predicted molar refractivity (Wildman–Crippen MR) is 50.4 cm³/mol. The molecular weight excluding hydrogens is 164 g/mol. The second-order valence-corrected chi connectivity index (χ2v) is 4.05. The standard InChI is InChI=1S/C11H14O2/c1-11(10(12)13)7-3-5-8-4-2-6-9(8)11/h3,7H,2,4-6H2,1H3,(H,12,13). The third kappa shape index (κ3) is 1.12. The Morgan fingerprint density at radius 1 is 1.54 bits per heavy atom. The molecule has 0 bridgehead atoms. The van der Waals surface area contributed by atoms with Crippen LogP contribution in [-0.4, -0.2) is 11.1 Å². The molecule has 2 heteroatoms. The predicted octanol–water partition coefficient (Wildman–Crippen LogP) is 2.52. The summed E-state index contributed by atoms with van der Waals surface area (Å²) in [7, 11) is 0. The molecule has 0 radical (unpaired) electrons. The van der Waals surface area contributed by atoms with Crippen molar-refractivity contribution in [3.05, 3.63) is 23.3 Å². The number of aliphatic carboxylic acids is 1. The van der Waals surface area contributed by atoms with E-state index in [-0.39, 0.29) is 0 Å². The molecular formula is C11H14O2. The van der Waals surface area contributed by atoms with Gasteiger partial charge >= 0.3 is 5.97 Å². The minimum absolute atomic E-state index is 0.704. The number of rotatable bonds is 1. The van der Waals surface area contributed by atoms with Crippen molar-refractivity contribution in [2.75, 3.05) is 0 Å². The summed E-state index contributed by atoms with van der Waals surface area (Å²) >= 11 is 0. The van der Waals surface area contributed by atoms with Crippen molar-refractivity contribution in [2.45, 2.75) is 32.6 Å². The molecule has 1 unspecified atom stereocenters. The van der Waals surface area contributed by atoms with Gasteiger partial charge in [0.15, 0.2) is 0 Å². The van der Waals surface area contributed by atoms with Gasteiger partial charge in [0.25, 0.3) is 0 Å². The number of hydrogen-bond acceptors (Lipinski definition) is 1. The Morgan fingerprint density at radius 3 is 3.00 bits per heavy atom. The van der Waals surface area contributed by atoms with E-state index < -0.39 is 11.4 Å².